The molecule has 0 amide bonds. The first-order chi connectivity index (χ1) is 9.65. The Bertz CT molecular complexity index is 479. The molecule has 2 rings (SSSR count). The molecule has 0 aliphatic heterocycles. The van der Waals surface area contributed by atoms with Crippen molar-refractivity contribution in [2.24, 2.45) is 5.92 Å². The van der Waals surface area contributed by atoms with Crippen molar-refractivity contribution in [1.82, 2.24) is 0 Å². The van der Waals surface area contributed by atoms with Gasteiger partial charge in [-0.15, -0.1) is 0 Å². The van der Waals surface area contributed by atoms with E-state index in [-0.39, 0.29) is 5.97 Å². The molecule has 1 aliphatic rings. The Morgan fingerprint density at radius 3 is 2.95 bits per heavy atom. The quantitative estimate of drug-likeness (QED) is 0.607. The SMILES string of the molecule is Cc1cccc(OC(C)C(=O)OCC2CC=CCC2)c1. The van der Waals surface area contributed by atoms with Crippen molar-refractivity contribution < 1.29 is 14.3 Å². The lowest BCUT2D eigenvalue weighted by Gasteiger charge is -2.19. The van der Waals surface area contributed by atoms with Gasteiger partial charge in [-0.05, 0) is 56.7 Å². The van der Waals surface area contributed by atoms with Crippen molar-refractivity contribution in [2.45, 2.75) is 39.2 Å². The number of allylic oxidation sites excluding steroid dienone is 2. The van der Waals surface area contributed by atoms with Crippen LogP contribution in [0, 0.1) is 12.8 Å². The normalized spacial score (nSPS) is 19.4. The molecule has 2 unspecified atom stereocenters. The summed E-state index contributed by atoms with van der Waals surface area (Å²) in [6.45, 7) is 4.21. The summed E-state index contributed by atoms with van der Waals surface area (Å²) in [4.78, 5) is 11.9. The molecular formula is C17H22O3. The summed E-state index contributed by atoms with van der Waals surface area (Å²) in [5.74, 6) is 0.867. The lowest BCUT2D eigenvalue weighted by atomic mass is 9.95. The average molecular weight is 274 g/mol. The van der Waals surface area contributed by atoms with Crippen LogP contribution < -0.4 is 4.74 Å². The first-order valence-corrected chi connectivity index (χ1v) is 7.20. The number of aryl methyl sites for hydroxylation is 1. The zero-order valence-corrected chi connectivity index (χ0v) is 12.2. The molecule has 108 valence electrons. The maximum atomic E-state index is 11.9. The van der Waals surface area contributed by atoms with Gasteiger partial charge in [0.25, 0.3) is 0 Å². The Morgan fingerprint density at radius 1 is 1.40 bits per heavy atom. The fourth-order valence-electron chi connectivity index (χ4n) is 2.27. The van der Waals surface area contributed by atoms with Gasteiger partial charge in [-0.1, -0.05) is 24.3 Å². The van der Waals surface area contributed by atoms with E-state index in [0.29, 0.717) is 18.3 Å². The van der Waals surface area contributed by atoms with Crippen molar-refractivity contribution in [2.75, 3.05) is 6.61 Å². The monoisotopic (exact) mass is 274 g/mol. The van der Waals surface area contributed by atoms with Crippen LogP contribution in [0.2, 0.25) is 0 Å². The number of carbonyl (C=O) groups excluding carboxylic acids is 1. The highest BCUT2D eigenvalue weighted by molar-refractivity contribution is 5.74. The molecule has 0 saturated carbocycles. The molecule has 3 nitrogen and oxygen atoms in total. The van der Waals surface area contributed by atoms with Crippen LogP contribution in [-0.4, -0.2) is 18.7 Å². The van der Waals surface area contributed by atoms with Crippen LogP contribution in [0.25, 0.3) is 0 Å². The Hall–Kier alpha value is -1.77. The molecule has 3 heteroatoms. The lowest BCUT2D eigenvalue weighted by Crippen LogP contribution is -2.28. The minimum Gasteiger partial charge on any atom is -0.479 e. The molecule has 0 N–H and O–H groups in total. The summed E-state index contributed by atoms with van der Waals surface area (Å²) in [7, 11) is 0. The van der Waals surface area contributed by atoms with E-state index in [2.05, 4.69) is 12.2 Å². The van der Waals surface area contributed by atoms with Gasteiger partial charge in [0, 0.05) is 0 Å². The van der Waals surface area contributed by atoms with E-state index in [4.69, 9.17) is 9.47 Å². The van der Waals surface area contributed by atoms with E-state index in [1.165, 1.54) is 0 Å². The van der Waals surface area contributed by atoms with Crippen LogP contribution in [0.4, 0.5) is 0 Å². The van der Waals surface area contributed by atoms with Crippen molar-refractivity contribution in [1.29, 1.82) is 0 Å². The van der Waals surface area contributed by atoms with Gasteiger partial charge in [-0.2, -0.15) is 0 Å². The number of rotatable bonds is 5. The van der Waals surface area contributed by atoms with Crippen LogP contribution in [0.1, 0.15) is 31.7 Å². The van der Waals surface area contributed by atoms with Crippen LogP contribution in [0.15, 0.2) is 36.4 Å². The fraction of sp³-hybridized carbons (Fsp3) is 0.471. The van der Waals surface area contributed by atoms with E-state index in [9.17, 15) is 4.79 Å². The Kier molecular flexibility index (Phi) is 5.22. The number of benzene rings is 1. The zero-order chi connectivity index (χ0) is 14.4. The van der Waals surface area contributed by atoms with Gasteiger partial charge in [0.2, 0.25) is 0 Å². The highest BCUT2D eigenvalue weighted by atomic mass is 16.6. The average Bonchev–Trinajstić information content (AvgIpc) is 2.46. The first-order valence-electron chi connectivity index (χ1n) is 7.20. The fourth-order valence-corrected chi connectivity index (χ4v) is 2.27. The van der Waals surface area contributed by atoms with Gasteiger partial charge in [0.05, 0.1) is 6.61 Å². The minimum absolute atomic E-state index is 0.291. The molecule has 0 saturated heterocycles. The van der Waals surface area contributed by atoms with Crippen LogP contribution >= 0.6 is 0 Å². The number of carbonyl (C=O) groups is 1. The summed E-state index contributed by atoms with van der Waals surface area (Å²) in [6.07, 6.45) is 6.95. The molecule has 0 aromatic heterocycles. The van der Waals surface area contributed by atoms with Gasteiger partial charge >= 0.3 is 5.97 Å². The Morgan fingerprint density at radius 2 is 2.25 bits per heavy atom. The second-order valence-corrected chi connectivity index (χ2v) is 5.36. The predicted molar refractivity (Wildman–Crippen MR) is 78.7 cm³/mol. The summed E-state index contributed by atoms with van der Waals surface area (Å²) in [5.41, 5.74) is 1.11. The molecule has 1 aromatic carbocycles. The molecule has 20 heavy (non-hydrogen) atoms. The Balaban J connectivity index is 1.78. The minimum atomic E-state index is -0.573. The second kappa shape index (κ2) is 7.13. The topological polar surface area (TPSA) is 35.5 Å². The number of hydrogen-bond donors (Lipinski definition) is 0. The van der Waals surface area contributed by atoms with E-state index in [1.807, 2.05) is 31.2 Å². The van der Waals surface area contributed by atoms with Crippen LogP contribution in [0.5, 0.6) is 5.75 Å². The maximum Gasteiger partial charge on any atom is 0.347 e. The van der Waals surface area contributed by atoms with E-state index < -0.39 is 6.10 Å². The smallest absolute Gasteiger partial charge is 0.347 e. The van der Waals surface area contributed by atoms with E-state index in [1.54, 1.807) is 6.92 Å². The highest BCUT2D eigenvalue weighted by Gasteiger charge is 2.19. The summed E-state index contributed by atoms with van der Waals surface area (Å²) in [5, 5.41) is 0. The second-order valence-electron chi connectivity index (χ2n) is 5.36. The molecule has 2 atom stereocenters. The van der Waals surface area contributed by atoms with Gasteiger partial charge in [-0.3, -0.25) is 0 Å². The summed E-state index contributed by atoms with van der Waals surface area (Å²) in [6, 6.07) is 7.67. The third-order valence-corrected chi connectivity index (χ3v) is 3.47. The van der Waals surface area contributed by atoms with Crippen molar-refractivity contribution in [3.05, 3.63) is 42.0 Å². The zero-order valence-electron chi connectivity index (χ0n) is 12.2. The molecule has 0 fully saturated rings. The third kappa shape index (κ3) is 4.41. The van der Waals surface area contributed by atoms with E-state index in [0.717, 1.165) is 24.8 Å². The largest absolute Gasteiger partial charge is 0.479 e. The highest BCUT2D eigenvalue weighted by Crippen LogP contribution is 2.19. The molecular weight excluding hydrogens is 252 g/mol. The number of ether oxygens (including phenoxy) is 2. The van der Waals surface area contributed by atoms with Crippen molar-refractivity contribution >= 4 is 5.97 Å². The molecule has 0 heterocycles. The molecule has 0 spiro atoms. The third-order valence-electron chi connectivity index (χ3n) is 3.47. The van der Waals surface area contributed by atoms with Crippen molar-refractivity contribution in [3.63, 3.8) is 0 Å². The Labute approximate surface area is 120 Å². The number of esters is 1. The van der Waals surface area contributed by atoms with E-state index >= 15 is 0 Å². The molecule has 1 aliphatic carbocycles. The van der Waals surface area contributed by atoms with Gasteiger partial charge in [-0.25, -0.2) is 4.79 Å². The predicted octanol–water partition coefficient (Wildman–Crippen LogP) is 3.66. The summed E-state index contributed by atoms with van der Waals surface area (Å²) < 4.78 is 11.0. The van der Waals surface area contributed by atoms with Crippen LogP contribution in [0.3, 0.4) is 0 Å². The molecule has 0 bridgehead atoms. The molecule has 1 aromatic rings. The van der Waals surface area contributed by atoms with Gasteiger partial charge in [0.15, 0.2) is 6.10 Å². The van der Waals surface area contributed by atoms with Gasteiger partial charge in [0.1, 0.15) is 5.75 Å². The molecule has 0 radical (unpaired) electrons. The van der Waals surface area contributed by atoms with Crippen molar-refractivity contribution in [3.8, 4) is 5.75 Å². The number of hydrogen-bond acceptors (Lipinski definition) is 3. The first kappa shape index (κ1) is 14.6. The van der Waals surface area contributed by atoms with Crippen LogP contribution in [-0.2, 0) is 9.53 Å². The maximum absolute atomic E-state index is 11.9. The lowest BCUT2D eigenvalue weighted by molar-refractivity contribution is -0.152. The van der Waals surface area contributed by atoms with Gasteiger partial charge < -0.3 is 9.47 Å². The summed E-state index contributed by atoms with van der Waals surface area (Å²) >= 11 is 0. The standard InChI is InChI=1S/C17H22O3/c1-13-7-6-10-16(11-13)20-14(2)17(18)19-12-15-8-4-3-5-9-15/h3-4,6-7,10-11,14-15H,5,8-9,12H2,1-2H3.